The van der Waals surface area contributed by atoms with Crippen LogP contribution in [0.4, 0.5) is 11.6 Å². The first kappa shape index (κ1) is 25.8. The summed E-state index contributed by atoms with van der Waals surface area (Å²) in [5.74, 6) is 0.0252. The number of amides is 1. The van der Waals surface area contributed by atoms with Crippen molar-refractivity contribution < 1.29 is 14.3 Å². The minimum Gasteiger partial charge on any atom is -0.464 e. The van der Waals surface area contributed by atoms with Crippen molar-refractivity contribution in [2.75, 3.05) is 38.6 Å². The van der Waals surface area contributed by atoms with E-state index in [0.717, 1.165) is 50.2 Å². The third kappa shape index (κ3) is 5.83. The summed E-state index contributed by atoms with van der Waals surface area (Å²) in [5, 5.41) is 3.37. The SMILES string of the molecule is COC(=O)c1cc(C(=O)N2CCC(N3CCc4cnc(Nc5cc(C)cc(C)c5)nc4CC3)CC2)ccn1. The van der Waals surface area contributed by atoms with Crippen LogP contribution < -0.4 is 5.32 Å². The van der Waals surface area contributed by atoms with Crippen molar-refractivity contribution in [2.45, 2.75) is 45.6 Å². The third-order valence-corrected chi connectivity index (χ3v) is 7.41. The number of aryl methyl sites for hydroxylation is 2. The number of fused-ring (bicyclic) bond motifs is 1. The maximum Gasteiger partial charge on any atom is 0.356 e. The Morgan fingerprint density at radius 1 is 0.974 bits per heavy atom. The molecule has 38 heavy (non-hydrogen) atoms. The molecular formula is C29H34N6O3. The van der Waals surface area contributed by atoms with E-state index in [1.54, 1.807) is 6.07 Å². The minimum atomic E-state index is -0.543. The van der Waals surface area contributed by atoms with E-state index in [0.29, 0.717) is 30.6 Å². The highest BCUT2D eigenvalue weighted by Gasteiger charge is 2.29. The predicted molar refractivity (Wildman–Crippen MR) is 145 cm³/mol. The Morgan fingerprint density at radius 3 is 2.45 bits per heavy atom. The molecule has 0 unspecified atom stereocenters. The van der Waals surface area contributed by atoms with Gasteiger partial charge in [0, 0.05) is 62.3 Å². The van der Waals surface area contributed by atoms with E-state index in [1.807, 2.05) is 11.1 Å². The largest absolute Gasteiger partial charge is 0.464 e. The van der Waals surface area contributed by atoms with E-state index in [4.69, 9.17) is 9.72 Å². The van der Waals surface area contributed by atoms with Gasteiger partial charge in [-0.3, -0.25) is 9.69 Å². The molecule has 2 aliphatic rings. The molecule has 1 amide bonds. The molecule has 1 aromatic carbocycles. The number of carbonyl (C=O) groups is 2. The van der Waals surface area contributed by atoms with Gasteiger partial charge in [-0.1, -0.05) is 6.07 Å². The topological polar surface area (TPSA) is 101 Å². The van der Waals surface area contributed by atoms with Crippen LogP contribution in [0.15, 0.2) is 42.7 Å². The van der Waals surface area contributed by atoms with Crippen molar-refractivity contribution in [1.82, 2.24) is 24.8 Å². The molecule has 5 rings (SSSR count). The lowest BCUT2D eigenvalue weighted by molar-refractivity contribution is 0.0594. The molecule has 9 heteroatoms. The molecule has 1 fully saturated rings. The average molecular weight is 515 g/mol. The number of hydrogen-bond acceptors (Lipinski definition) is 8. The number of ether oxygens (including phenoxy) is 1. The molecular weight excluding hydrogens is 480 g/mol. The predicted octanol–water partition coefficient (Wildman–Crippen LogP) is 3.72. The van der Waals surface area contributed by atoms with E-state index >= 15 is 0 Å². The highest BCUT2D eigenvalue weighted by atomic mass is 16.5. The number of pyridine rings is 1. The van der Waals surface area contributed by atoms with Crippen molar-refractivity contribution in [3.05, 3.63) is 76.4 Å². The van der Waals surface area contributed by atoms with E-state index in [9.17, 15) is 9.59 Å². The molecule has 9 nitrogen and oxygen atoms in total. The van der Waals surface area contributed by atoms with Gasteiger partial charge in [-0.05, 0) is 74.1 Å². The molecule has 198 valence electrons. The Morgan fingerprint density at radius 2 is 1.71 bits per heavy atom. The number of methoxy groups -OCH3 is 1. The molecule has 0 spiro atoms. The number of esters is 1. The molecule has 0 atom stereocenters. The van der Waals surface area contributed by atoms with Crippen molar-refractivity contribution in [3.63, 3.8) is 0 Å². The Labute approximate surface area is 223 Å². The van der Waals surface area contributed by atoms with E-state index in [-0.39, 0.29) is 11.6 Å². The number of benzene rings is 1. The number of anilines is 2. The zero-order valence-corrected chi connectivity index (χ0v) is 22.2. The average Bonchev–Trinajstić information content (AvgIpc) is 3.14. The Hall–Kier alpha value is -3.85. The van der Waals surface area contributed by atoms with Gasteiger partial charge >= 0.3 is 5.97 Å². The van der Waals surface area contributed by atoms with Crippen LogP contribution in [-0.4, -0.2) is 76.0 Å². The minimum absolute atomic E-state index is 0.0709. The van der Waals surface area contributed by atoms with Crippen LogP contribution in [0.2, 0.25) is 0 Å². The summed E-state index contributed by atoms with van der Waals surface area (Å²) in [5.41, 5.74) is 6.36. The van der Waals surface area contributed by atoms with Crippen LogP contribution in [0.3, 0.4) is 0 Å². The second-order valence-corrected chi connectivity index (χ2v) is 10.1. The van der Waals surface area contributed by atoms with Gasteiger partial charge in [-0.25, -0.2) is 19.7 Å². The summed E-state index contributed by atoms with van der Waals surface area (Å²) in [6.45, 7) is 7.46. The van der Waals surface area contributed by atoms with Gasteiger partial charge in [-0.15, -0.1) is 0 Å². The van der Waals surface area contributed by atoms with Gasteiger partial charge in [0.1, 0.15) is 5.69 Å². The van der Waals surface area contributed by atoms with Gasteiger partial charge in [0.15, 0.2) is 0 Å². The fourth-order valence-electron chi connectivity index (χ4n) is 5.49. The standard InChI is InChI=1S/C29H34N6O3/c1-19-14-20(2)16-23(15-19)32-29-31-18-22-5-10-34(13-8-25(22)33-29)24-6-11-35(12-7-24)27(36)21-4-9-30-26(17-21)28(37)38-3/h4,9,14-18,24H,5-8,10-13H2,1-3H3,(H,31,32,33). The molecule has 2 aromatic heterocycles. The molecule has 3 aromatic rings. The van der Waals surface area contributed by atoms with Crippen LogP contribution >= 0.6 is 0 Å². The van der Waals surface area contributed by atoms with Crippen LogP contribution in [0, 0.1) is 13.8 Å². The monoisotopic (exact) mass is 514 g/mol. The molecule has 0 bridgehead atoms. The molecule has 0 radical (unpaired) electrons. The van der Waals surface area contributed by atoms with E-state index in [2.05, 4.69) is 52.2 Å². The molecule has 1 N–H and O–H groups in total. The number of likely N-dealkylation sites (tertiary alicyclic amines) is 1. The number of carbonyl (C=O) groups excluding carboxylic acids is 2. The lowest BCUT2D eigenvalue weighted by atomic mass is 10.0. The van der Waals surface area contributed by atoms with Crippen molar-refractivity contribution in [1.29, 1.82) is 0 Å². The lowest BCUT2D eigenvalue weighted by Gasteiger charge is -2.38. The van der Waals surface area contributed by atoms with Crippen molar-refractivity contribution in [2.24, 2.45) is 0 Å². The zero-order valence-electron chi connectivity index (χ0n) is 22.2. The highest BCUT2D eigenvalue weighted by molar-refractivity contribution is 5.97. The number of rotatable bonds is 5. The maximum atomic E-state index is 13.1. The van der Waals surface area contributed by atoms with Crippen LogP contribution in [0.5, 0.6) is 0 Å². The Balaban J connectivity index is 1.17. The molecule has 1 saturated heterocycles. The van der Waals surface area contributed by atoms with Crippen molar-refractivity contribution in [3.8, 4) is 0 Å². The van der Waals surface area contributed by atoms with Gasteiger partial charge in [-0.2, -0.15) is 0 Å². The van der Waals surface area contributed by atoms with Crippen LogP contribution in [0.25, 0.3) is 0 Å². The first-order chi connectivity index (χ1) is 18.4. The van der Waals surface area contributed by atoms with Gasteiger partial charge in [0.2, 0.25) is 5.95 Å². The summed E-state index contributed by atoms with van der Waals surface area (Å²) in [7, 11) is 1.30. The summed E-state index contributed by atoms with van der Waals surface area (Å²) in [6, 6.07) is 9.95. The second-order valence-electron chi connectivity index (χ2n) is 10.1. The van der Waals surface area contributed by atoms with Crippen LogP contribution in [-0.2, 0) is 17.6 Å². The fraction of sp³-hybridized carbons (Fsp3) is 0.414. The fourth-order valence-corrected chi connectivity index (χ4v) is 5.49. The quantitative estimate of drug-likeness (QED) is 0.514. The van der Waals surface area contributed by atoms with E-state index < -0.39 is 5.97 Å². The first-order valence-corrected chi connectivity index (χ1v) is 13.2. The number of aromatic nitrogens is 3. The molecule has 0 saturated carbocycles. The molecule has 4 heterocycles. The van der Waals surface area contributed by atoms with Crippen molar-refractivity contribution >= 4 is 23.5 Å². The smallest absolute Gasteiger partial charge is 0.356 e. The number of nitrogens with zero attached hydrogens (tertiary/aromatic N) is 5. The van der Waals surface area contributed by atoms with E-state index in [1.165, 1.54) is 36.1 Å². The Bertz CT molecular complexity index is 1320. The zero-order chi connectivity index (χ0) is 26.6. The molecule has 0 aliphatic carbocycles. The lowest BCUT2D eigenvalue weighted by Crippen LogP contribution is -2.47. The van der Waals surface area contributed by atoms with Gasteiger partial charge in [0.25, 0.3) is 5.91 Å². The number of nitrogens with one attached hydrogen (secondary N) is 1. The number of piperidine rings is 1. The Kier molecular flexibility index (Phi) is 7.64. The van der Waals surface area contributed by atoms with Gasteiger partial charge in [0.05, 0.1) is 12.8 Å². The summed E-state index contributed by atoms with van der Waals surface area (Å²) in [6.07, 6.45) is 7.09. The van der Waals surface area contributed by atoms with Crippen LogP contribution in [0.1, 0.15) is 56.1 Å². The highest BCUT2D eigenvalue weighted by Crippen LogP contribution is 2.24. The summed E-state index contributed by atoms with van der Waals surface area (Å²) < 4.78 is 4.73. The summed E-state index contributed by atoms with van der Waals surface area (Å²) in [4.78, 5) is 42.7. The van der Waals surface area contributed by atoms with Gasteiger partial charge < -0.3 is 15.0 Å². The number of hydrogen-bond donors (Lipinski definition) is 1. The molecule has 2 aliphatic heterocycles. The maximum absolute atomic E-state index is 13.1. The summed E-state index contributed by atoms with van der Waals surface area (Å²) >= 11 is 0. The normalized spacial score (nSPS) is 16.4. The first-order valence-electron chi connectivity index (χ1n) is 13.2. The third-order valence-electron chi connectivity index (χ3n) is 7.41. The second kappa shape index (κ2) is 11.3.